The Morgan fingerprint density at radius 3 is 2.81 bits per heavy atom. The van der Waals surface area contributed by atoms with E-state index in [0.717, 1.165) is 42.0 Å². The number of halogens is 1. The zero-order valence-corrected chi connectivity index (χ0v) is 16.5. The third-order valence-electron chi connectivity index (χ3n) is 5.07. The molecular weight excluding hydrogens is 364 g/mol. The number of carbonyl (C=O) groups is 1. The fraction of sp³-hybridized carbons (Fsp3) is 0.381. The Morgan fingerprint density at radius 2 is 2.07 bits per heavy atom. The van der Waals surface area contributed by atoms with Crippen molar-refractivity contribution < 1.29 is 19.2 Å². The molecule has 1 unspecified atom stereocenters. The van der Waals surface area contributed by atoms with Crippen LogP contribution in [0.3, 0.4) is 0 Å². The molecule has 1 fully saturated rings. The maximum absolute atomic E-state index is 12.5. The van der Waals surface area contributed by atoms with Crippen LogP contribution in [0.5, 0.6) is 11.5 Å². The number of benzene rings is 2. The van der Waals surface area contributed by atoms with E-state index in [4.69, 9.17) is 21.1 Å². The van der Waals surface area contributed by atoms with Crippen molar-refractivity contribution in [2.75, 3.05) is 27.3 Å². The van der Waals surface area contributed by atoms with Gasteiger partial charge in [0.2, 0.25) is 0 Å². The smallest absolute Gasteiger partial charge is 0.275 e. The molecule has 3 rings (SSSR count). The second-order valence-electron chi connectivity index (χ2n) is 6.79. The van der Waals surface area contributed by atoms with Gasteiger partial charge in [0.25, 0.3) is 5.91 Å². The summed E-state index contributed by atoms with van der Waals surface area (Å²) in [6.45, 7) is 1.91. The lowest BCUT2D eigenvalue weighted by Crippen LogP contribution is -3.11. The number of hydrogen-bond donors (Lipinski definition) is 2. The first-order valence-corrected chi connectivity index (χ1v) is 9.56. The molecule has 0 aliphatic carbocycles. The average molecular weight is 390 g/mol. The van der Waals surface area contributed by atoms with Gasteiger partial charge in [0.05, 0.1) is 26.3 Å². The largest absolute Gasteiger partial charge is 0.497 e. The quantitative estimate of drug-likeness (QED) is 0.764. The van der Waals surface area contributed by atoms with Crippen LogP contribution in [0.4, 0.5) is 0 Å². The highest BCUT2D eigenvalue weighted by Gasteiger charge is 2.33. The lowest BCUT2D eigenvalue weighted by Gasteiger charge is -2.23. The predicted molar refractivity (Wildman–Crippen MR) is 106 cm³/mol. The van der Waals surface area contributed by atoms with Crippen LogP contribution in [-0.2, 0) is 11.3 Å². The summed E-state index contributed by atoms with van der Waals surface area (Å²) in [5.41, 5.74) is 2.13. The number of hydrogen-bond acceptors (Lipinski definition) is 3. The Hall–Kier alpha value is -2.24. The predicted octanol–water partition coefficient (Wildman–Crippen LogP) is 2.39. The molecular formula is C21H26ClN2O3+. The molecule has 1 heterocycles. The molecule has 27 heavy (non-hydrogen) atoms. The molecule has 0 aromatic heterocycles. The number of quaternary nitrogens is 1. The van der Waals surface area contributed by atoms with Crippen molar-refractivity contribution in [2.24, 2.45) is 0 Å². The zero-order chi connectivity index (χ0) is 19.2. The Bertz CT molecular complexity index is 797. The van der Waals surface area contributed by atoms with Crippen LogP contribution >= 0.6 is 11.6 Å². The van der Waals surface area contributed by atoms with Gasteiger partial charge in [-0.05, 0) is 29.8 Å². The Labute approximate surface area is 165 Å². The molecule has 2 N–H and O–H groups in total. The highest BCUT2D eigenvalue weighted by Crippen LogP contribution is 2.31. The summed E-state index contributed by atoms with van der Waals surface area (Å²) in [6.07, 6.45) is 2.14. The molecule has 5 nitrogen and oxygen atoms in total. The molecule has 2 atom stereocenters. The number of ether oxygens (including phenoxy) is 2. The van der Waals surface area contributed by atoms with E-state index in [1.165, 1.54) is 4.90 Å². The SMILES string of the molecule is COc1ccc([C@@H]2CCC[NH+]2CC(=O)NCc2cccc(Cl)c2)c(OC)c1. The van der Waals surface area contributed by atoms with Gasteiger partial charge in [-0.2, -0.15) is 0 Å². The minimum absolute atomic E-state index is 0.0457. The fourth-order valence-corrected chi connectivity index (χ4v) is 3.93. The van der Waals surface area contributed by atoms with Crippen molar-refractivity contribution in [1.29, 1.82) is 0 Å². The summed E-state index contributed by atoms with van der Waals surface area (Å²) in [5, 5.41) is 3.68. The van der Waals surface area contributed by atoms with Crippen LogP contribution < -0.4 is 19.7 Å². The van der Waals surface area contributed by atoms with E-state index >= 15 is 0 Å². The molecule has 2 aromatic rings. The molecule has 0 saturated carbocycles. The highest BCUT2D eigenvalue weighted by atomic mass is 35.5. The molecule has 1 amide bonds. The van der Waals surface area contributed by atoms with E-state index in [9.17, 15) is 4.79 Å². The third kappa shape index (κ3) is 4.93. The molecule has 1 saturated heterocycles. The summed E-state index contributed by atoms with van der Waals surface area (Å²) < 4.78 is 10.9. The lowest BCUT2D eigenvalue weighted by molar-refractivity contribution is -0.910. The highest BCUT2D eigenvalue weighted by molar-refractivity contribution is 6.30. The third-order valence-corrected chi connectivity index (χ3v) is 5.30. The second-order valence-corrected chi connectivity index (χ2v) is 7.23. The minimum Gasteiger partial charge on any atom is -0.497 e. The Morgan fingerprint density at radius 1 is 1.22 bits per heavy atom. The number of carbonyl (C=O) groups excluding carboxylic acids is 1. The number of amides is 1. The van der Waals surface area contributed by atoms with Gasteiger partial charge in [0.15, 0.2) is 6.54 Å². The van der Waals surface area contributed by atoms with Crippen LogP contribution in [0.2, 0.25) is 5.02 Å². The van der Waals surface area contributed by atoms with E-state index in [1.807, 2.05) is 36.4 Å². The van der Waals surface area contributed by atoms with Gasteiger partial charge in [-0.1, -0.05) is 23.7 Å². The second kappa shape index (κ2) is 9.11. The molecule has 2 aromatic carbocycles. The number of likely N-dealkylation sites (tertiary alicyclic amines) is 1. The molecule has 6 heteroatoms. The topological polar surface area (TPSA) is 52.0 Å². The standard InChI is InChI=1S/C21H25ClN2O3/c1-26-17-8-9-18(20(12-17)27-2)19-7-4-10-24(19)14-21(25)23-13-15-5-3-6-16(22)11-15/h3,5-6,8-9,11-12,19H,4,7,10,13-14H2,1-2H3,(H,23,25)/p+1/t19-/m0/s1. The molecule has 0 radical (unpaired) electrons. The van der Waals surface area contributed by atoms with Crippen LogP contribution in [0.1, 0.15) is 30.0 Å². The maximum Gasteiger partial charge on any atom is 0.275 e. The van der Waals surface area contributed by atoms with Gasteiger partial charge in [-0.3, -0.25) is 4.79 Å². The molecule has 0 bridgehead atoms. The summed E-state index contributed by atoms with van der Waals surface area (Å²) >= 11 is 6.00. The summed E-state index contributed by atoms with van der Waals surface area (Å²) in [4.78, 5) is 13.7. The summed E-state index contributed by atoms with van der Waals surface area (Å²) in [5.74, 6) is 1.64. The van der Waals surface area contributed by atoms with Gasteiger partial charge in [-0.15, -0.1) is 0 Å². The van der Waals surface area contributed by atoms with Gasteiger partial charge >= 0.3 is 0 Å². The fourth-order valence-electron chi connectivity index (χ4n) is 3.72. The van der Waals surface area contributed by atoms with Gasteiger partial charge < -0.3 is 19.7 Å². The Kier molecular flexibility index (Phi) is 6.58. The van der Waals surface area contributed by atoms with Crippen molar-refractivity contribution in [3.63, 3.8) is 0 Å². The van der Waals surface area contributed by atoms with Crippen LogP contribution in [-0.4, -0.2) is 33.2 Å². The van der Waals surface area contributed by atoms with Gasteiger partial charge in [0.1, 0.15) is 17.5 Å². The van der Waals surface area contributed by atoms with Gasteiger partial charge in [-0.25, -0.2) is 0 Å². The first-order valence-electron chi connectivity index (χ1n) is 9.18. The molecule has 1 aliphatic heterocycles. The van der Waals surface area contributed by atoms with E-state index in [2.05, 4.69) is 11.4 Å². The molecule has 0 spiro atoms. The van der Waals surface area contributed by atoms with E-state index < -0.39 is 0 Å². The van der Waals surface area contributed by atoms with Crippen LogP contribution in [0, 0.1) is 0 Å². The zero-order valence-electron chi connectivity index (χ0n) is 15.8. The monoisotopic (exact) mass is 389 g/mol. The summed E-state index contributed by atoms with van der Waals surface area (Å²) in [7, 11) is 3.32. The van der Waals surface area contributed by atoms with Crippen molar-refractivity contribution in [3.05, 3.63) is 58.6 Å². The van der Waals surface area contributed by atoms with Crippen molar-refractivity contribution >= 4 is 17.5 Å². The van der Waals surface area contributed by atoms with Crippen molar-refractivity contribution in [2.45, 2.75) is 25.4 Å². The number of nitrogens with one attached hydrogen (secondary N) is 2. The van der Waals surface area contributed by atoms with E-state index in [-0.39, 0.29) is 11.9 Å². The maximum atomic E-state index is 12.5. The van der Waals surface area contributed by atoms with Gasteiger partial charge in [0, 0.05) is 30.5 Å². The normalized spacial score (nSPS) is 18.9. The Balaban J connectivity index is 1.63. The number of methoxy groups -OCH3 is 2. The molecule has 1 aliphatic rings. The minimum atomic E-state index is 0.0457. The first-order chi connectivity index (χ1) is 13.1. The molecule has 144 valence electrons. The van der Waals surface area contributed by atoms with E-state index in [0.29, 0.717) is 18.1 Å². The van der Waals surface area contributed by atoms with Crippen LogP contribution in [0.15, 0.2) is 42.5 Å². The lowest BCUT2D eigenvalue weighted by atomic mass is 10.0. The van der Waals surface area contributed by atoms with Crippen molar-refractivity contribution in [3.8, 4) is 11.5 Å². The number of rotatable bonds is 7. The summed E-state index contributed by atoms with van der Waals surface area (Å²) in [6, 6.07) is 13.7. The van der Waals surface area contributed by atoms with Crippen LogP contribution in [0.25, 0.3) is 0 Å². The first kappa shape index (κ1) is 19.5. The average Bonchev–Trinajstić information content (AvgIpc) is 3.13. The van der Waals surface area contributed by atoms with Crippen molar-refractivity contribution in [1.82, 2.24) is 5.32 Å². The van der Waals surface area contributed by atoms with E-state index in [1.54, 1.807) is 14.2 Å².